The second kappa shape index (κ2) is 10.7. The molecule has 0 saturated carbocycles. The molecule has 0 unspecified atom stereocenters. The zero-order valence-corrected chi connectivity index (χ0v) is 17.1. The fraction of sp³-hybridized carbons (Fsp3) is 0.227. The third-order valence-corrected chi connectivity index (χ3v) is 4.08. The lowest BCUT2D eigenvalue weighted by Gasteiger charge is -2.13. The highest BCUT2D eigenvalue weighted by Gasteiger charge is 2.14. The van der Waals surface area contributed by atoms with Gasteiger partial charge in [-0.05, 0) is 63.5 Å². The van der Waals surface area contributed by atoms with Crippen molar-refractivity contribution in [2.75, 3.05) is 32.6 Å². The standard InChI is InChI=1S/C22H24FN5O2/c1-15(26-18-6-4-17(23)5-7-18)20(14-25)22(29)27-19-8-9-21(16(12-19)13-24)30-11-10-28(2)3/h4-9,12,14H,10-11,25H2,1-3H3,(H,27,29). The fourth-order valence-corrected chi connectivity index (χ4v) is 2.49. The Balaban J connectivity index is 2.13. The second-order valence-corrected chi connectivity index (χ2v) is 6.68. The van der Waals surface area contributed by atoms with E-state index < -0.39 is 5.91 Å². The topological polar surface area (TPSA) is 104 Å². The van der Waals surface area contributed by atoms with Gasteiger partial charge < -0.3 is 20.7 Å². The average Bonchev–Trinajstić information content (AvgIpc) is 2.71. The van der Waals surface area contributed by atoms with Gasteiger partial charge in [0.2, 0.25) is 0 Å². The monoisotopic (exact) mass is 409 g/mol. The molecule has 0 saturated heterocycles. The van der Waals surface area contributed by atoms with Crippen LogP contribution in [-0.4, -0.2) is 43.8 Å². The summed E-state index contributed by atoms with van der Waals surface area (Å²) in [6, 6.07) is 12.4. The summed E-state index contributed by atoms with van der Waals surface area (Å²) in [5, 5.41) is 12.1. The Kier molecular flexibility index (Phi) is 8.08. The summed E-state index contributed by atoms with van der Waals surface area (Å²) < 4.78 is 18.7. The zero-order chi connectivity index (χ0) is 22.1. The Morgan fingerprint density at radius 2 is 2.00 bits per heavy atom. The number of nitrogens with one attached hydrogen (secondary N) is 1. The van der Waals surface area contributed by atoms with Crippen molar-refractivity contribution in [1.82, 2.24) is 4.90 Å². The third-order valence-electron chi connectivity index (χ3n) is 4.08. The Bertz CT molecular complexity index is 992. The first-order valence-corrected chi connectivity index (χ1v) is 9.20. The normalized spacial score (nSPS) is 11.9. The molecule has 7 nitrogen and oxygen atoms in total. The van der Waals surface area contributed by atoms with E-state index in [2.05, 4.69) is 16.4 Å². The summed E-state index contributed by atoms with van der Waals surface area (Å²) in [6.45, 7) is 2.77. The Labute approximate surface area is 175 Å². The molecule has 3 N–H and O–H groups in total. The van der Waals surface area contributed by atoms with Gasteiger partial charge in [0.05, 0.1) is 22.5 Å². The number of carbonyl (C=O) groups excluding carboxylic acids is 1. The molecule has 0 atom stereocenters. The number of likely N-dealkylation sites (N-methyl/N-ethyl adjacent to an activating group) is 1. The molecular formula is C22H24FN5O2. The summed E-state index contributed by atoms with van der Waals surface area (Å²) in [7, 11) is 3.86. The second-order valence-electron chi connectivity index (χ2n) is 6.68. The van der Waals surface area contributed by atoms with E-state index in [1.165, 1.54) is 30.3 Å². The predicted octanol–water partition coefficient (Wildman–Crippen LogP) is 3.21. The van der Waals surface area contributed by atoms with Gasteiger partial charge in [0.25, 0.3) is 5.91 Å². The van der Waals surface area contributed by atoms with E-state index in [-0.39, 0.29) is 11.4 Å². The number of rotatable bonds is 8. The van der Waals surface area contributed by atoms with Crippen molar-refractivity contribution in [3.63, 3.8) is 0 Å². The number of halogens is 1. The molecule has 0 spiro atoms. The number of nitrogens with zero attached hydrogens (tertiary/aromatic N) is 3. The van der Waals surface area contributed by atoms with E-state index >= 15 is 0 Å². The minimum atomic E-state index is -0.481. The van der Waals surface area contributed by atoms with E-state index in [0.29, 0.717) is 41.6 Å². The van der Waals surface area contributed by atoms with Crippen LogP contribution < -0.4 is 15.8 Å². The maximum Gasteiger partial charge on any atom is 0.258 e. The van der Waals surface area contributed by atoms with E-state index in [1.807, 2.05) is 19.0 Å². The Morgan fingerprint density at radius 3 is 2.60 bits per heavy atom. The molecule has 0 radical (unpaired) electrons. The highest BCUT2D eigenvalue weighted by Crippen LogP contribution is 2.23. The van der Waals surface area contributed by atoms with Crippen LogP contribution in [0.1, 0.15) is 12.5 Å². The number of amides is 1. The number of carbonyl (C=O) groups is 1. The van der Waals surface area contributed by atoms with Crippen LogP contribution in [0.3, 0.4) is 0 Å². The first-order valence-electron chi connectivity index (χ1n) is 9.20. The molecular weight excluding hydrogens is 385 g/mol. The average molecular weight is 409 g/mol. The molecule has 0 fully saturated rings. The van der Waals surface area contributed by atoms with Crippen LogP contribution in [0.5, 0.6) is 5.75 Å². The maximum absolute atomic E-state index is 13.0. The molecule has 156 valence electrons. The van der Waals surface area contributed by atoms with Crippen molar-refractivity contribution < 1.29 is 13.9 Å². The smallest absolute Gasteiger partial charge is 0.258 e. The van der Waals surface area contributed by atoms with E-state index in [9.17, 15) is 14.4 Å². The Morgan fingerprint density at radius 1 is 1.30 bits per heavy atom. The van der Waals surface area contributed by atoms with Gasteiger partial charge in [-0.1, -0.05) is 0 Å². The molecule has 0 bridgehead atoms. The predicted molar refractivity (Wildman–Crippen MR) is 115 cm³/mol. The SMILES string of the molecule is CC(=Nc1ccc(F)cc1)C(=CN)C(=O)Nc1ccc(OCCN(C)C)c(C#N)c1. The van der Waals surface area contributed by atoms with Crippen LogP contribution in [0.4, 0.5) is 15.8 Å². The van der Waals surface area contributed by atoms with Crippen LogP contribution in [0.15, 0.2) is 59.2 Å². The molecule has 0 aliphatic heterocycles. The fourth-order valence-electron chi connectivity index (χ4n) is 2.49. The summed E-state index contributed by atoms with van der Waals surface area (Å²) >= 11 is 0. The number of aliphatic imine (C=N–C) groups is 1. The van der Waals surface area contributed by atoms with Crippen molar-refractivity contribution in [2.45, 2.75) is 6.92 Å². The lowest BCUT2D eigenvalue weighted by Crippen LogP contribution is -2.21. The molecule has 30 heavy (non-hydrogen) atoms. The summed E-state index contributed by atoms with van der Waals surface area (Å²) in [6.07, 6.45) is 1.15. The minimum Gasteiger partial charge on any atom is -0.491 e. The molecule has 8 heteroatoms. The third kappa shape index (κ3) is 6.43. The molecule has 0 aliphatic carbocycles. The minimum absolute atomic E-state index is 0.157. The molecule has 2 aromatic rings. The number of nitrogens with two attached hydrogens (primary N) is 1. The van der Waals surface area contributed by atoms with Crippen LogP contribution in [0.25, 0.3) is 0 Å². The number of hydrogen-bond acceptors (Lipinski definition) is 6. The number of anilines is 1. The van der Waals surface area contributed by atoms with Crippen LogP contribution in [0.2, 0.25) is 0 Å². The van der Waals surface area contributed by atoms with Gasteiger partial charge in [0.15, 0.2) is 0 Å². The van der Waals surface area contributed by atoms with Crippen molar-refractivity contribution >= 4 is 23.0 Å². The van der Waals surface area contributed by atoms with Gasteiger partial charge in [0, 0.05) is 18.4 Å². The highest BCUT2D eigenvalue weighted by atomic mass is 19.1. The van der Waals surface area contributed by atoms with E-state index in [4.69, 9.17) is 10.5 Å². The zero-order valence-electron chi connectivity index (χ0n) is 17.1. The van der Waals surface area contributed by atoms with Crippen molar-refractivity contribution in [3.05, 3.63) is 65.6 Å². The highest BCUT2D eigenvalue weighted by molar-refractivity contribution is 6.25. The quantitative estimate of drug-likeness (QED) is 0.515. The lowest BCUT2D eigenvalue weighted by atomic mass is 10.1. The maximum atomic E-state index is 13.0. The first-order chi connectivity index (χ1) is 14.3. The van der Waals surface area contributed by atoms with Crippen LogP contribution in [-0.2, 0) is 4.79 Å². The summed E-state index contributed by atoms with van der Waals surface area (Å²) in [4.78, 5) is 18.9. The molecule has 1 amide bonds. The summed E-state index contributed by atoms with van der Waals surface area (Å²) in [5.74, 6) is -0.409. The first kappa shape index (κ1) is 22.6. The van der Waals surface area contributed by atoms with Gasteiger partial charge in [-0.2, -0.15) is 5.26 Å². The van der Waals surface area contributed by atoms with Gasteiger partial charge in [0.1, 0.15) is 24.2 Å². The number of hydrogen-bond donors (Lipinski definition) is 2. The van der Waals surface area contributed by atoms with Crippen molar-refractivity contribution in [1.29, 1.82) is 5.26 Å². The van der Waals surface area contributed by atoms with Crippen LogP contribution in [0, 0.1) is 17.1 Å². The molecule has 2 aromatic carbocycles. The number of ether oxygens (including phenoxy) is 1. The van der Waals surface area contributed by atoms with E-state index in [0.717, 1.165) is 6.20 Å². The van der Waals surface area contributed by atoms with Gasteiger partial charge in [-0.3, -0.25) is 9.79 Å². The molecule has 0 heterocycles. The largest absolute Gasteiger partial charge is 0.491 e. The van der Waals surface area contributed by atoms with Gasteiger partial charge >= 0.3 is 0 Å². The van der Waals surface area contributed by atoms with Gasteiger partial charge in [-0.15, -0.1) is 0 Å². The molecule has 2 rings (SSSR count). The number of nitriles is 1. The molecule has 0 aromatic heterocycles. The van der Waals surface area contributed by atoms with Gasteiger partial charge in [-0.25, -0.2) is 4.39 Å². The van der Waals surface area contributed by atoms with Crippen molar-refractivity contribution in [3.8, 4) is 11.8 Å². The Hall–Kier alpha value is -3.70. The van der Waals surface area contributed by atoms with Crippen molar-refractivity contribution in [2.24, 2.45) is 10.7 Å². The van der Waals surface area contributed by atoms with E-state index in [1.54, 1.807) is 19.1 Å². The van der Waals surface area contributed by atoms with Crippen LogP contribution >= 0.6 is 0 Å². The molecule has 0 aliphatic rings. The lowest BCUT2D eigenvalue weighted by molar-refractivity contribution is -0.112. The summed E-state index contributed by atoms with van der Waals surface area (Å²) in [5.41, 5.74) is 7.37. The number of benzene rings is 2.